The van der Waals surface area contributed by atoms with Gasteiger partial charge in [-0.25, -0.2) is 9.37 Å². The van der Waals surface area contributed by atoms with Crippen molar-refractivity contribution in [2.24, 2.45) is 0 Å². The van der Waals surface area contributed by atoms with Gasteiger partial charge in [0.1, 0.15) is 0 Å². The average Bonchev–Trinajstić information content (AvgIpc) is 2.42. The van der Waals surface area contributed by atoms with E-state index in [1.165, 1.54) is 6.07 Å². The van der Waals surface area contributed by atoms with E-state index < -0.39 is 5.82 Å². The summed E-state index contributed by atoms with van der Waals surface area (Å²) >= 11 is 3.27. The molecule has 3 nitrogen and oxygen atoms in total. The van der Waals surface area contributed by atoms with Crippen LogP contribution >= 0.6 is 15.9 Å². The summed E-state index contributed by atoms with van der Waals surface area (Å²) in [5, 5.41) is 0. The largest absolute Gasteiger partial charge is 0.488 e. The van der Waals surface area contributed by atoms with Crippen molar-refractivity contribution in [2.75, 3.05) is 6.61 Å². The molecule has 0 unspecified atom stereocenters. The van der Waals surface area contributed by atoms with Crippen LogP contribution in [0.4, 0.5) is 4.39 Å². The lowest BCUT2D eigenvalue weighted by Gasteiger charge is -2.11. The van der Waals surface area contributed by atoms with E-state index in [1.807, 2.05) is 6.92 Å². The second-order valence-electron chi connectivity index (χ2n) is 3.83. The van der Waals surface area contributed by atoms with Gasteiger partial charge in [0.15, 0.2) is 17.3 Å². The molecule has 0 saturated heterocycles. The van der Waals surface area contributed by atoms with Gasteiger partial charge in [-0.1, -0.05) is 22.9 Å². The zero-order valence-electron chi connectivity index (χ0n) is 10.4. The van der Waals surface area contributed by atoms with Gasteiger partial charge < -0.3 is 9.47 Å². The first-order chi connectivity index (χ1) is 9.20. The first kappa shape index (κ1) is 13.8. The number of ether oxygens (including phenoxy) is 2. The summed E-state index contributed by atoms with van der Waals surface area (Å²) in [5.74, 6) is 0.418. The van der Waals surface area contributed by atoms with Gasteiger partial charge in [0.05, 0.1) is 6.61 Å². The normalized spacial score (nSPS) is 10.3. The lowest BCUT2D eigenvalue weighted by Crippen LogP contribution is -1.99. The van der Waals surface area contributed by atoms with Crippen LogP contribution in [-0.2, 0) is 0 Å². The molecular weight excluding hydrogens is 313 g/mol. The minimum absolute atomic E-state index is 0.106. The molecule has 1 aromatic carbocycles. The highest BCUT2D eigenvalue weighted by molar-refractivity contribution is 9.10. The van der Waals surface area contributed by atoms with Crippen molar-refractivity contribution in [3.63, 3.8) is 0 Å². The maximum atomic E-state index is 13.6. The van der Waals surface area contributed by atoms with Crippen molar-refractivity contribution in [3.05, 3.63) is 46.8 Å². The van der Waals surface area contributed by atoms with Gasteiger partial charge in [-0.15, -0.1) is 0 Å². The van der Waals surface area contributed by atoms with Crippen LogP contribution in [0, 0.1) is 5.82 Å². The molecule has 5 heteroatoms. The molecule has 0 amide bonds. The van der Waals surface area contributed by atoms with Crippen molar-refractivity contribution in [3.8, 4) is 17.4 Å². The van der Waals surface area contributed by atoms with Crippen LogP contribution in [0.3, 0.4) is 0 Å². The predicted molar refractivity (Wildman–Crippen MR) is 74.2 cm³/mol. The minimum Gasteiger partial charge on any atom is -0.488 e. The van der Waals surface area contributed by atoms with Crippen LogP contribution in [0.5, 0.6) is 17.4 Å². The topological polar surface area (TPSA) is 31.4 Å². The number of benzene rings is 1. The average molecular weight is 326 g/mol. The molecule has 2 aromatic rings. The Morgan fingerprint density at radius 2 is 2.11 bits per heavy atom. The fourth-order valence-corrected chi connectivity index (χ4v) is 1.77. The predicted octanol–water partition coefficient (Wildman–Crippen LogP) is 4.56. The van der Waals surface area contributed by atoms with E-state index in [0.29, 0.717) is 12.4 Å². The van der Waals surface area contributed by atoms with E-state index in [4.69, 9.17) is 9.47 Å². The number of nitrogens with zero attached hydrogens (tertiary/aromatic N) is 1. The monoisotopic (exact) mass is 325 g/mol. The molecule has 1 aromatic heterocycles. The quantitative estimate of drug-likeness (QED) is 0.807. The molecule has 0 N–H and O–H groups in total. The highest BCUT2D eigenvalue weighted by Crippen LogP contribution is 2.31. The molecule has 0 aliphatic heterocycles. The van der Waals surface area contributed by atoms with Gasteiger partial charge in [-0.2, -0.15) is 0 Å². The van der Waals surface area contributed by atoms with Gasteiger partial charge in [0, 0.05) is 10.7 Å². The summed E-state index contributed by atoms with van der Waals surface area (Å²) < 4.78 is 25.3. The fourth-order valence-electron chi connectivity index (χ4n) is 1.43. The Balaban J connectivity index is 2.25. The molecule has 0 atom stereocenters. The molecule has 0 saturated carbocycles. The van der Waals surface area contributed by atoms with E-state index in [9.17, 15) is 4.39 Å². The standard InChI is InChI=1S/C14H13BrFNO2/c1-2-8-18-12-4-3-7-17-14(12)19-13-9-10(15)5-6-11(13)16/h3-7,9H,2,8H2,1H3. The van der Waals surface area contributed by atoms with Gasteiger partial charge in [-0.05, 0) is 36.8 Å². The van der Waals surface area contributed by atoms with Gasteiger partial charge in [-0.3, -0.25) is 0 Å². The Morgan fingerprint density at radius 1 is 1.26 bits per heavy atom. The summed E-state index contributed by atoms with van der Waals surface area (Å²) in [4.78, 5) is 4.07. The summed E-state index contributed by atoms with van der Waals surface area (Å²) in [6.07, 6.45) is 2.45. The Labute approximate surface area is 119 Å². The van der Waals surface area contributed by atoms with Crippen LogP contribution in [0.1, 0.15) is 13.3 Å². The van der Waals surface area contributed by atoms with Crippen LogP contribution < -0.4 is 9.47 Å². The summed E-state index contributed by atoms with van der Waals surface area (Å²) in [7, 11) is 0. The molecule has 0 radical (unpaired) electrons. The lowest BCUT2D eigenvalue weighted by atomic mass is 10.3. The Hall–Kier alpha value is -1.62. The van der Waals surface area contributed by atoms with Crippen molar-refractivity contribution >= 4 is 15.9 Å². The number of rotatable bonds is 5. The smallest absolute Gasteiger partial charge is 0.262 e. The maximum absolute atomic E-state index is 13.6. The van der Waals surface area contributed by atoms with Gasteiger partial charge >= 0.3 is 0 Å². The molecule has 0 spiro atoms. The van der Waals surface area contributed by atoms with E-state index in [0.717, 1.165) is 10.9 Å². The summed E-state index contributed by atoms with van der Waals surface area (Å²) in [5.41, 5.74) is 0. The second-order valence-corrected chi connectivity index (χ2v) is 4.75. The molecule has 0 aliphatic carbocycles. The number of halogens is 2. The molecule has 19 heavy (non-hydrogen) atoms. The van der Waals surface area contributed by atoms with Crippen molar-refractivity contribution in [2.45, 2.75) is 13.3 Å². The van der Waals surface area contributed by atoms with Crippen LogP contribution in [0.25, 0.3) is 0 Å². The third-order valence-electron chi connectivity index (χ3n) is 2.30. The van der Waals surface area contributed by atoms with Gasteiger partial charge in [0.25, 0.3) is 5.88 Å². The van der Waals surface area contributed by atoms with Crippen LogP contribution in [0.15, 0.2) is 41.0 Å². The molecule has 100 valence electrons. The summed E-state index contributed by atoms with van der Waals surface area (Å²) in [6, 6.07) is 7.97. The highest BCUT2D eigenvalue weighted by atomic mass is 79.9. The number of hydrogen-bond donors (Lipinski definition) is 0. The van der Waals surface area contributed by atoms with Crippen LogP contribution in [-0.4, -0.2) is 11.6 Å². The highest BCUT2D eigenvalue weighted by Gasteiger charge is 2.11. The fraction of sp³-hybridized carbons (Fsp3) is 0.214. The molecular formula is C14H13BrFNO2. The van der Waals surface area contributed by atoms with Crippen LogP contribution in [0.2, 0.25) is 0 Å². The van der Waals surface area contributed by atoms with Gasteiger partial charge in [0.2, 0.25) is 0 Å². The second kappa shape index (κ2) is 6.52. The Bertz CT molecular complexity index is 563. The van der Waals surface area contributed by atoms with E-state index >= 15 is 0 Å². The zero-order valence-corrected chi connectivity index (χ0v) is 12.0. The maximum Gasteiger partial charge on any atom is 0.262 e. The molecule has 0 bridgehead atoms. The van der Waals surface area contributed by atoms with Crippen molar-refractivity contribution in [1.82, 2.24) is 4.98 Å². The van der Waals surface area contributed by atoms with Crippen molar-refractivity contribution in [1.29, 1.82) is 0 Å². The zero-order chi connectivity index (χ0) is 13.7. The SMILES string of the molecule is CCCOc1cccnc1Oc1cc(Br)ccc1F. The minimum atomic E-state index is -0.449. The Morgan fingerprint density at radius 3 is 2.89 bits per heavy atom. The third kappa shape index (κ3) is 3.67. The molecule has 1 heterocycles. The number of pyridine rings is 1. The first-order valence-electron chi connectivity index (χ1n) is 5.91. The summed E-state index contributed by atoms with van der Waals surface area (Å²) in [6.45, 7) is 2.56. The molecule has 0 fully saturated rings. The third-order valence-corrected chi connectivity index (χ3v) is 2.79. The van der Waals surface area contributed by atoms with E-state index in [2.05, 4.69) is 20.9 Å². The lowest BCUT2D eigenvalue weighted by molar-refractivity contribution is 0.296. The molecule has 0 aliphatic rings. The van der Waals surface area contributed by atoms with E-state index in [1.54, 1.807) is 30.5 Å². The Kier molecular flexibility index (Phi) is 4.74. The number of aromatic nitrogens is 1. The van der Waals surface area contributed by atoms with Crippen molar-refractivity contribution < 1.29 is 13.9 Å². The van der Waals surface area contributed by atoms with E-state index in [-0.39, 0.29) is 11.6 Å². The molecule has 2 rings (SSSR count). The first-order valence-corrected chi connectivity index (χ1v) is 6.70. The number of hydrogen-bond acceptors (Lipinski definition) is 3.